The Morgan fingerprint density at radius 2 is 1.71 bits per heavy atom. The third kappa shape index (κ3) is 5.90. The maximum absolute atomic E-state index is 12.0. The molecule has 9 nitrogen and oxygen atoms in total. The second-order valence-electron chi connectivity index (χ2n) is 5.76. The summed E-state index contributed by atoms with van der Waals surface area (Å²) in [5.41, 5.74) is 0.794. The first-order chi connectivity index (χ1) is 13.4. The Hall–Kier alpha value is -3.75. The number of nitrogens with zero attached hydrogens (tertiary/aromatic N) is 2. The number of benzene rings is 2. The maximum atomic E-state index is 12.0. The van der Waals surface area contributed by atoms with Gasteiger partial charge < -0.3 is 15.0 Å². The molecule has 0 aliphatic heterocycles. The molecule has 0 saturated carbocycles. The van der Waals surface area contributed by atoms with Crippen molar-refractivity contribution in [3.63, 3.8) is 0 Å². The molecule has 0 aromatic heterocycles. The number of likely N-dealkylation sites (N-methyl/N-ethyl adjacent to an activating group) is 1. The van der Waals surface area contributed by atoms with Crippen LogP contribution in [0.4, 0.5) is 11.4 Å². The summed E-state index contributed by atoms with van der Waals surface area (Å²) in [4.78, 5) is 47.1. The molecule has 0 aliphatic carbocycles. The molecule has 28 heavy (non-hydrogen) atoms. The smallest absolute Gasteiger partial charge is 0.308 e. The highest BCUT2D eigenvalue weighted by molar-refractivity contribution is 5.95. The Kier molecular flexibility index (Phi) is 7.21. The number of rotatable bonds is 8. The summed E-state index contributed by atoms with van der Waals surface area (Å²) in [6.07, 6.45) is -0.110. The minimum atomic E-state index is -0.626. The summed E-state index contributed by atoms with van der Waals surface area (Å²) in [6, 6.07) is 14.0. The SMILES string of the molecule is CN(C(=O)COC(=O)CCNC(=O)c1ccc([N+](=O)[O-])cc1)c1ccccc1. The minimum absolute atomic E-state index is 0.0113. The van der Waals surface area contributed by atoms with Crippen molar-refractivity contribution in [2.75, 3.05) is 25.1 Å². The Labute approximate surface area is 161 Å². The van der Waals surface area contributed by atoms with E-state index in [0.717, 1.165) is 0 Å². The molecule has 2 amide bonds. The lowest BCUT2D eigenvalue weighted by molar-refractivity contribution is -0.384. The van der Waals surface area contributed by atoms with Crippen LogP contribution >= 0.6 is 0 Å². The minimum Gasteiger partial charge on any atom is -0.455 e. The van der Waals surface area contributed by atoms with Crippen molar-refractivity contribution in [3.05, 3.63) is 70.3 Å². The molecule has 0 heterocycles. The molecule has 0 bridgehead atoms. The Balaban J connectivity index is 1.71. The van der Waals surface area contributed by atoms with Gasteiger partial charge in [-0.15, -0.1) is 0 Å². The van der Waals surface area contributed by atoms with Gasteiger partial charge in [0.1, 0.15) is 0 Å². The van der Waals surface area contributed by atoms with E-state index in [1.165, 1.54) is 29.2 Å². The van der Waals surface area contributed by atoms with Gasteiger partial charge in [-0.1, -0.05) is 18.2 Å². The number of para-hydroxylation sites is 1. The third-order valence-electron chi connectivity index (χ3n) is 3.83. The number of amides is 2. The average molecular weight is 385 g/mol. The lowest BCUT2D eigenvalue weighted by Gasteiger charge is -2.17. The first-order valence-electron chi connectivity index (χ1n) is 8.38. The molecule has 2 aromatic carbocycles. The van der Waals surface area contributed by atoms with Crippen LogP contribution < -0.4 is 10.2 Å². The summed E-state index contributed by atoms with van der Waals surface area (Å²) in [5, 5.41) is 13.1. The normalized spacial score (nSPS) is 10.0. The summed E-state index contributed by atoms with van der Waals surface area (Å²) in [5.74, 6) is -1.48. The quantitative estimate of drug-likeness (QED) is 0.421. The number of nitro groups is 1. The lowest BCUT2D eigenvalue weighted by atomic mass is 10.2. The number of hydrogen-bond donors (Lipinski definition) is 1. The van der Waals surface area contributed by atoms with Crippen molar-refractivity contribution < 1.29 is 24.0 Å². The Morgan fingerprint density at radius 1 is 1.07 bits per heavy atom. The van der Waals surface area contributed by atoms with Crippen LogP contribution in [-0.2, 0) is 14.3 Å². The first-order valence-corrected chi connectivity index (χ1v) is 8.38. The van der Waals surface area contributed by atoms with E-state index in [1.54, 1.807) is 31.3 Å². The predicted octanol–water partition coefficient (Wildman–Crippen LogP) is 1.92. The van der Waals surface area contributed by atoms with Crippen LogP contribution in [0.5, 0.6) is 0 Å². The topological polar surface area (TPSA) is 119 Å². The van der Waals surface area contributed by atoms with Gasteiger partial charge in [-0.3, -0.25) is 24.5 Å². The van der Waals surface area contributed by atoms with Gasteiger partial charge in [0, 0.05) is 37.0 Å². The van der Waals surface area contributed by atoms with Crippen LogP contribution in [0.3, 0.4) is 0 Å². The van der Waals surface area contributed by atoms with E-state index in [-0.39, 0.29) is 30.1 Å². The first kappa shape index (κ1) is 20.6. The number of esters is 1. The van der Waals surface area contributed by atoms with E-state index < -0.39 is 23.4 Å². The van der Waals surface area contributed by atoms with E-state index in [2.05, 4.69) is 5.32 Å². The van der Waals surface area contributed by atoms with Gasteiger partial charge >= 0.3 is 5.97 Å². The Morgan fingerprint density at radius 3 is 2.32 bits per heavy atom. The van der Waals surface area contributed by atoms with Gasteiger partial charge in [-0.2, -0.15) is 0 Å². The van der Waals surface area contributed by atoms with Crippen LogP contribution in [-0.4, -0.2) is 42.9 Å². The summed E-state index contributed by atoms with van der Waals surface area (Å²) < 4.78 is 4.92. The van der Waals surface area contributed by atoms with Crippen molar-refractivity contribution in [2.24, 2.45) is 0 Å². The molecule has 0 saturated heterocycles. The highest BCUT2D eigenvalue weighted by atomic mass is 16.6. The average Bonchev–Trinajstić information content (AvgIpc) is 2.72. The summed E-state index contributed by atoms with van der Waals surface area (Å²) >= 11 is 0. The second kappa shape index (κ2) is 9.81. The predicted molar refractivity (Wildman–Crippen MR) is 101 cm³/mol. The fourth-order valence-corrected chi connectivity index (χ4v) is 2.22. The molecule has 0 unspecified atom stereocenters. The van der Waals surface area contributed by atoms with Crippen LogP contribution in [0.1, 0.15) is 16.8 Å². The van der Waals surface area contributed by atoms with Gasteiger partial charge in [0.05, 0.1) is 11.3 Å². The third-order valence-corrected chi connectivity index (χ3v) is 3.83. The molecule has 146 valence electrons. The molecule has 0 spiro atoms. The van der Waals surface area contributed by atoms with Crippen molar-refractivity contribution in [3.8, 4) is 0 Å². The molecule has 0 atom stereocenters. The zero-order valence-electron chi connectivity index (χ0n) is 15.2. The van der Waals surface area contributed by atoms with E-state index >= 15 is 0 Å². The zero-order chi connectivity index (χ0) is 20.5. The highest BCUT2D eigenvalue weighted by Crippen LogP contribution is 2.12. The molecule has 0 radical (unpaired) electrons. The van der Waals surface area contributed by atoms with E-state index in [1.807, 2.05) is 6.07 Å². The monoisotopic (exact) mass is 385 g/mol. The second-order valence-corrected chi connectivity index (χ2v) is 5.76. The van der Waals surface area contributed by atoms with Gasteiger partial charge in [0.15, 0.2) is 6.61 Å². The van der Waals surface area contributed by atoms with Gasteiger partial charge in [0.2, 0.25) is 0 Å². The number of ether oxygens (including phenoxy) is 1. The number of carbonyl (C=O) groups excluding carboxylic acids is 3. The largest absolute Gasteiger partial charge is 0.455 e. The molecule has 9 heteroatoms. The molecule has 2 aromatic rings. The number of nitro benzene ring substituents is 1. The van der Waals surface area contributed by atoms with E-state index in [0.29, 0.717) is 5.69 Å². The lowest BCUT2D eigenvalue weighted by Crippen LogP contribution is -2.32. The van der Waals surface area contributed by atoms with Crippen LogP contribution in [0, 0.1) is 10.1 Å². The molecule has 1 N–H and O–H groups in total. The van der Waals surface area contributed by atoms with E-state index in [4.69, 9.17) is 4.74 Å². The van der Waals surface area contributed by atoms with E-state index in [9.17, 15) is 24.5 Å². The molecular formula is C19H19N3O6. The molecule has 0 fully saturated rings. The fraction of sp³-hybridized carbons (Fsp3) is 0.211. The summed E-state index contributed by atoms with van der Waals surface area (Å²) in [7, 11) is 1.58. The molecule has 2 rings (SSSR count). The number of non-ortho nitro benzene ring substituents is 1. The number of hydrogen-bond acceptors (Lipinski definition) is 6. The van der Waals surface area contributed by atoms with Crippen molar-refractivity contribution in [1.82, 2.24) is 5.32 Å². The fourth-order valence-electron chi connectivity index (χ4n) is 2.22. The maximum Gasteiger partial charge on any atom is 0.308 e. The highest BCUT2D eigenvalue weighted by Gasteiger charge is 2.14. The number of anilines is 1. The molecular weight excluding hydrogens is 366 g/mol. The Bertz CT molecular complexity index is 852. The van der Waals surface area contributed by atoms with Crippen LogP contribution in [0.2, 0.25) is 0 Å². The molecule has 0 aliphatic rings. The van der Waals surface area contributed by atoms with Crippen LogP contribution in [0.25, 0.3) is 0 Å². The van der Waals surface area contributed by atoms with Crippen molar-refractivity contribution >= 4 is 29.2 Å². The standard InChI is InChI=1S/C19H19N3O6/c1-21(15-5-3-2-4-6-15)17(23)13-28-18(24)11-12-20-19(25)14-7-9-16(10-8-14)22(26)27/h2-10H,11-13H2,1H3,(H,20,25). The van der Waals surface area contributed by atoms with Crippen molar-refractivity contribution in [2.45, 2.75) is 6.42 Å². The van der Waals surface area contributed by atoms with Gasteiger partial charge in [-0.25, -0.2) is 0 Å². The zero-order valence-corrected chi connectivity index (χ0v) is 15.2. The summed E-state index contributed by atoms with van der Waals surface area (Å²) in [6.45, 7) is -0.391. The van der Waals surface area contributed by atoms with Gasteiger partial charge in [0.25, 0.3) is 17.5 Å². The van der Waals surface area contributed by atoms with Crippen LogP contribution in [0.15, 0.2) is 54.6 Å². The van der Waals surface area contributed by atoms with Gasteiger partial charge in [-0.05, 0) is 24.3 Å². The van der Waals surface area contributed by atoms with Crippen molar-refractivity contribution in [1.29, 1.82) is 0 Å². The number of carbonyl (C=O) groups is 3. The number of nitrogens with one attached hydrogen (secondary N) is 1.